The van der Waals surface area contributed by atoms with Crippen molar-refractivity contribution in [3.05, 3.63) is 23.8 Å². The van der Waals surface area contributed by atoms with Gasteiger partial charge in [-0.1, -0.05) is 13.0 Å². The van der Waals surface area contributed by atoms with Crippen LogP contribution in [0, 0.1) is 6.92 Å². The number of carbonyl (C=O) groups is 1. The van der Waals surface area contributed by atoms with Crippen LogP contribution in [0.2, 0.25) is 0 Å². The largest absolute Gasteiger partial charge is 0.319 e. The first kappa shape index (κ1) is 13.4. The lowest BCUT2D eigenvalue weighted by molar-refractivity contribution is -0.118. The van der Waals surface area contributed by atoms with Gasteiger partial charge in [-0.3, -0.25) is 4.79 Å². The predicted molar refractivity (Wildman–Crippen MR) is 77.4 cm³/mol. The number of fused-ring (bicyclic) bond motifs is 1. The Hall–Kier alpha value is -1.00. The van der Waals surface area contributed by atoms with E-state index < -0.39 is 0 Å². The Bertz CT molecular complexity index is 447. The van der Waals surface area contributed by atoms with E-state index in [1.165, 1.54) is 10.5 Å². The number of hydrogen-bond donors (Lipinski definition) is 1. The van der Waals surface area contributed by atoms with Gasteiger partial charge in [-0.2, -0.15) is 0 Å². The van der Waals surface area contributed by atoms with Crippen molar-refractivity contribution in [1.29, 1.82) is 0 Å². The molecule has 0 fully saturated rings. The number of aryl methyl sites for hydroxylation is 1. The number of anilines is 1. The predicted octanol–water partition coefficient (Wildman–Crippen LogP) is 2.43. The van der Waals surface area contributed by atoms with Gasteiger partial charge in [0.25, 0.3) is 0 Å². The molecule has 1 atom stereocenters. The SMILES string of the molecule is CNCCC(=O)N1CC(C)Sc2ccc(C)cc21. The monoisotopic (exact) mass is 264 g/mol. The maximum atomic E-state index is 12.3. The highest BCUT2D eigenvalue weighted by Crippen LogP contribution is 2.39. The van der Waals surface area contributed by atoms with Gasteiger partial charge in [-0.25, -0.2) is 0 Å². The topological polar surface area (TPSA) is 32.3 Å². The number of nitrogens with zero attached hydrogens (tertiary/aromatic N) is 1. The average molecular weight is 264 g/mol. The van der Waals surface area contributed by atoms with Crippen LogP contribution in [0.5, 0.6) is 0 Å². The standard InChI is InChI=1S/C14H20N2OS/c1-10-4-5-13-12(8-10)16(9-11(2)18-13)14(17)6-7-15-3/h4-5,8,11,15H,6-7,9H2,1-3H3. The molecule has 0 aromatic heterocycles. The Morgan fingerprint density at radius 3 is 3.06 bits per heavy atom. The second-order valence-electron chi connectivity index (χ2n) is 4.76. The van der Waals surface area contributed by atoms with E-state index in [4.69, 9.17) is 0 Å². The molecule has 18 heavy (non-hydrogen) atoms. The highest BCUT2D eigenvalue weighted by Gasteiger charge is 2.26. The summed E-state index contributed by atoms with van der Waals surface area (Å²) >= 11 is 1.86. The van der Waals surface area contributed by atoms with Gasteiger partial charge in [0.05, 0.1) is 5.69 Å². The lowest BCUT2D eigenvalue weighted by atomic mass is 10.2. The first-order chi connectivity index (χ1) is 8.61. The van der Waals surface area contributed by atoms with Crippen LogP contribution < -0.4 is 10.2 Å². The number of carbonyl (C=O) groups excluding carboxylic acids is 1. The van der Waals surface area contributed by atoms with Crippen molar-refractivity contribution in [3.8, 4) is 0 Å². The average Bonchev–Trinajstić information content (AvgIpc) is 2.35. The number of rotatable bonds is 3. The molecule has 1 aromatic carbocycles. The molecule has 0 bridgehead atoms. The van der Waals surface area contributed by atoms with E-state index in [2.05, 4.69) is 37.4 Å². The smallest absolute Gasteiger partial charge is 0.228 e. The molecule has 1 unspecified atom stereocenters. The third kappa shape index (κ3) is 2.87. The summed E-state index contributed by atoms with van der Waals surface area (Å²) < 4.78 is 0. The van der Waals surface area contributed by atoms with Gasteiger partial charge in [0.2, 0.25) is 5.91 Å². The zero-order chi connectivity index (χ0) is 13.1. The zero-order valence-electron chi connectivity index (χ0n) is 11.2. The Morgan fingerprint density at radius 1 is 1.56 bits per heavy atom. The van der Waals surface area contributed by atoms with Gasteiger partial charge in [-0.15, -0.1) is 11.8 Å². The molecule has 0 saturated carbocycles. The highest BCUT2D eigenvalue weighted by atomic mass is 32.2. The molecule has 0 saturated heterocycles. The zero-order valence-corrected chi connectivity index (χ0v) is 12.0. The summed E-state index contributed by atoms with van der Waals surface area (Å²) in [5, 5.41) is 3.49. The lowest BCUT2D eigenvalue weighted by Crippen LogP contribution is -2.39. The molecule has 0 radical (unpaired) electrons. The molecule has 1 amide bonds. The van der Waals surface area contributed by atoms with Crippen LogP contribution in [-0.4, -0.2) is 31.3 Å². The summed E-state index contributed by atoms with van der Waals surface area (Å²) in [6, 6.07) is 6.36. The van der Waals surface area contributed by atoms with Crippen molar-refractivity contribution in [2.45, 2.75) is 30.4 Å². The van der Waals surface area contributed by atoms with E-state index in [0.717, 1.165) is 18.8 Å². The normalized spacial score (nSPS) is 18.6. The van der Waals surface area contributed by atoms with Crippen molar-refractivity contribution < 1.29 is 4.79 Å². The number of hydrogen-bond acceptors (Lipinski definition) is 3. The molecule has 98 valence electrons. The van der Waals surface area contributed by atoms with Crippen molar-refractivity contribution in [2.24, 2.45) is 0 Å². The minimum atomic E-state index is 0.211. The van der Waals surface area contributed by atoms with E-state index >= 15 is 0 Å². The Kier molecular flexibility index (Phi) is 4.30. The summed E-state index contributed by atoms with van der Waals surface area (Å²) in [5.41, 5.74) is 2.29. The van der Waals surface area contributed by atoms with Crippen LogP contribution in [0.3, 0.4) is 0 Å². The number of nitrogens with one attached hydrogen (secondary N) is 1. The molecular weight excluding hydrogens is 244 g/mol. The fraction of sp³-hybridized carbons (Fsp3) is 0.500. The third-order valence-electron chi connectivity index (χ3n) is 3.06. The van der Waals surface area contributed by atoms with E-state index in [9.17, 15) is 4.79 Å². The maximum absolute atomic E-state index is 12.3. The molecule has 0 spiro atoms. The molecule has 1 aliphatic rings. The Labute approximate surface area is 113 Å². The fourth-order valence-electron chi connectivity index (χ4n) is 2.15. The van der Waals surface area contributed by atoms with Gasteiger partial charge >= 0.3 is 0 Å². The first-order valence-corrected chi connectivity index (χ1v) is 7.22. The highest BCUT2D eigenvalue weighted by molar-refractivity contribution is 8.00. The second kappa shape index (κ2) is 5.76. The fourth-order valence-corrected chi connectivity index (χ4v) is 3.24. The minimum absolute atomic E-state index is 0.211. The van der Waals surface area contributed by atoms with Crippen molar-refractivity contribution in [1.82, 2.24) is 5.32 Å². The molecule has 0 aliphatic carbocycles. The summed E-state index contributed by atoms with van der Waals surface area (Å²) in [7, 11) is 1.88. The Balaban J connectivity index is 2.26. The van der Waals surface area contributed by atoms with Crippen molar-refractivity contribution >= 4 is 23.4 Å². The van der Waals surface area contributed by atoms with Gasteiger partial charge in [-0.05, 0) is 31.7 Å². The molecular formula is C14H20N2OS. The summed E-state index contributed by atoms with van der Waals surface area (Å²) in [6.07, 6.45) is 0.557. The molecule has 1 aliphatic heterocycles. The van der Waals surface area contributed by atoms with Crippen molar-refractivity contribution in [2.75, 3.05) is 25.0 Å². The van der Waals surface area contributed by atoms with Crippen LogP contribution in [0.4, 0.5) is 5.69 Å². The van der Waals surface area contributed by atoms with Crippen LogP contribution in [0.15, 0.2) is 23.1 Å². The molecule has 2 rings (SSSR count). The summed E-state index contributed by atoms with van der Waals surface area (Å²) in [4.78, 5) is 15.4. The van der Waals surface area contributed by atoms with Gasteiger partial charge in [0.1, 0.15) is 0 Å². The third-order valence-corrected chi connectivity index (χ3v) is 4.21. The van der Waals surface area contributed by atoms with E-state index in [-0.39, 0.29) is 5.91 Å². The molecule has 1 aromatic rings. The van der Waals surface area contributed by atoms with E-state index in [1.807, 2.05) is 23.7 Å². The quantitative estimate of drug-likeness (QED) is 0.910. The summed E-state index contributed by atoms with van der Waals surface area (Å²) in [6.45, 7) is 5.78. The number of thioether (sulfide) groups is 1. The van der Waals surface area contributed by atoms with Crippen LogP contribution in [0.1, 0.15) is 18.9 Å². The van der Waals surface area contributed by atoms with Gasteiger partial charge in [0.15, 0.2) is 0 Å². The first-order valence-electron chi connectivity index (χ1n) is 6.34. The van der Waals surface area contributed by atoms with E-state index in [0.29, 0.717) is 11.7 Å². The van der Waals surface area contributed by atoms with Gasteiger partial charge < -0.3 is 10.2 Å². The van der Waals surface area contributed by atoms with Crippen LogP contribution in [0.25, 0.3) is 0 Å². The maximum Gasteiger partial charge on any atom is 0.228 e. The van der Waals surface area contributed by atoms with Crippen LogP contribution in [-0.2, 0) is 4.79 Å². The molecule has 3 nitrogen and oxygen atoms in total. The second-order valence-corrected chi connectivity index (χ2v) is 6.24. The van der Waals surface area contributed by atoms with Crippen molar-refractivity contribution in [3.63, 3.8) is 0 Å². The molecule has 1 heterocycles. The molecule has 1 N–H and O–H groups in total. The Morgan fingerprint density at radius 2 is 2.33 bits per heavy atom. The number of amides is 1. The van der Waals surface area contributed by atoms with E-state index in [1.54, 1.807) is 0 Å². The number of benzene rings is 1. The minimum Gasteiger partial charge on any atom is -0.319 e. The summed E-state index contributed by atoms with van der Waals surface area (Å²) in [5.74, 6) is 0.211. The lowest BCUT2D eigenvalue weighted by Gasteiger charge is -2.33. The van der Waals surface area contributed by atoms with Gasteiger partial charge in [0, 0.05) is 29.7 Å². The van der Waals surface area contributed by atoms with Crippen LogP contribution >= 0.6 is 11.8 Å². The molecule has 4 heteroatoms.